The Labute approximate surface area is 127 Å². The molecule has 0 aliphatic carbocycles. The Morgan fingerprint density at radius 3 is 2.74 bits per heavy atom. The molecule has 2 aromatic rings. The minimum absolute atomic E-state index is 0. The van der Waals surface area contributed by atoms with Crippen LogP contribution in [0, 0.1) is 6.92 Å². The minimum atomic E-state index is -0.00898. The third-order valence-corrected chi connectivity index (χ3v) is 2.97. The van der Waals surface area contributed by atoms with Crippen molar-refractivity contribution in [2.45, 2.75) is 6.92 Å². The number of hydrogen-bond acceptors (Lipinski definition) is 1. The Balaban J connectivity index is 0.00000180. The van der Waals surface area contributed by atoms with Gasteiger partial charge in [0.1, 0.15) is 0 Å². The molecule has 0 saturated carbocycles. The molecule has 0 saturated heterocycles. The standard InChI is InChI=1S/C15H13BrNO.ClH/c1-12-4-3-8-17(11-12)9-7-15(18)13-5-2-6-14(16)10-13;/h2-11H,1H3;1H/q+1;/p-1. The first-order valence-electron chi connectivity index (χ1n) is 5.61. The number of carbonyl (C=O) groups excluding carboxylic acids is 1. The SMILES string of the molecule is Cc1ccc[n+](C=CC(=O)c2cccc(Br)c2)c1.[Cl-]. The van der Waals surface area contributed by atoms with Crippen LogP contribution in [0.3, 0.4) is 0 Å². The Morgan fingerprint density at radius 1 is 1.26 bits per heavy atom. The topological polar surface area (TPSA) is 20.9 Å². The molecule has 98 valence electrons. The van der Waals surface area contributed by atoms with E-state index in [0.29, 0.717) is 5.56 Å². The van der Waals surface area contributed by atoms with Gasteiger partial charge in [0.25, 0.3) is 0 Å². The normalized spacial score (nSPS) is 10.2. The van der Waals surface area contributed by atoms with Crippen molar-refractivity contribution < 1.29 is 21.8 Å². The molecule has 0 aliphatic rings. The van der Waals surface area contributed by atoms with Crippen LogP contribution < -0.4 is 17.0 Å². The van der Waals surface area contributed by atoms with Crippen LogP contribution in [0.25, 0.3) is 6.20 Å². The highest BCUT2D eigenvalue weighted by Gasteiger charge is 2.03. The molecular weight excluding hydrogens is 326 g/mol. The van der Waals surface area contributed by atoms with Crippen molar-refractivity contribution >= 4 is 27.9 Å². The summed E-state index contributed by atoms with van der Waals surface area (Å²) in [5, 5.41) is 0. The number of rotatable bonds is 3. The fourth-order valence-electron chi connectivity index (χ4n) is 1.60. The highest BCUT2D eigenvalue weighted by molar-refractivity contribution is 9.10. The highest BCUT2D eigenvalue weighted by atomic mass is 79.9. The van der Waals surface area contributed by atoms with E-state index in [-0.39, 0.29) is 18.2 Å². The van der Waals surface area contributed by atoms with Gasteiger partial charge >= 0.3 is 0 Å². The van der Waals surface area contributed by atoms with E-state index in [1.807, 2.05) is 54.2 Å². The van der Waals surface area contributed by atoms with Gasteiger partial charge in [-0.25, -0.2) is 0 Å². The van der Waals surface area contributed by atoms with Crippen molar-refractivity contribution in [1.29, 1.82) is 0 Å². The molecule has 1 aromatic carbocycles. The molecular formula is C15H13BrClNO. The van der Waals surface area contributed by atoms with Crippen LogP contribution in [0.2, 0.25) is 0 Å². The Hall–Kier alpha value is -1.45. The molecule has 0 bridgehead atoms. The quantitative estimate of drug-likeness (QED) is 0.451. The molecule has 19 heavy (non-hydrogen) atoms. The second-order valence-electron chi connectivity index (χ2n) is 4.02. The summed E-state index contributed by atoms with van der Waals surface area (Å²) in [5.41, 5.74) is 1.82. The zero-order valence-electron chi connectivity index (χ0n) is 10.4. The monoisotopic (exact) mass is 337 g/mol. The summed E-state index contributed by atoms with van der Waals surface area (Å²) in [6.45, 7) is 2.01. The molecule has 0 radical (unpaired) electrons. The molecule has 4 heteroatoms. The molecule has 0 amide bonds. The van der Waals surface area contributed by atoms with Crippen LogP contribution in [-0.4, -0.2) is 5.78 Å². The second-order valence-corrected chi connectivity index (χ2v) is 4.93. The number of carbonyl (C=O) groups is 1. The molecule has 0 fully saturated rings. The van der Waals surface area contributed by atoms with Crippen LogP contribution in [0.1, 0.15) is 15.9 Å². The minimum Gasteiger partial charge on any atom is -1.00 e. The van der Waals surface area contributed by atoms with E-state index in [4.69, 9.17) is 0 Å². The van der Waals surface area contributed by atoms with Crippen LogP contribution in [0.4, 0.5) is 0 Å². The Bertz CT molecular complexity index is 611. The van der Waals surface area contributed by atoms with E-state index >= 15 is 0 Å². The molecule has 2 nitrogen and oxygen atoms in total. The van der Waals surface area contributed by atoms with Gasteiger partial charge in [0.15, 0.2) is 24.4 Å². The van der Waals surface area contributed by atoms with Gasteiger partial charge < -0.3 is 12.4 Å². The van der Waals surface area contributed by atoms with Gasteiger partial charge in [0.05, 0.1) is 6.08 Å². The Kier molecular flexibility index (Phi) is 5.93. The van der Waals surface area contributed by atoms with Crippen molar-refractivity contribution in [3.8, 4) is 0 Å². The molecule has 0 N–H and O–H groups in total. The number of nitrogens with zero attached hydrogens (tertiary/aromatic N) is 1. The second kappa shape index (κ2) is 7.22. The van der Waals surface area contributed by atoms with Crippen molar-refractivity contribution in [3.05, 3.63) is 70.5 Å². The summed E-state index contributed by atoms with van der Waals surface area (Å²) in [5.74, 6) is -0.00898. The third kappa shape index (κ3) is 4.62. The van der Waals surface area contributed by atoms with Gasteiger partial charge in [-0.1, -0.05) is 28.1 Å². The third-order valence-electron chi connectivity index (χ3n) is 2.48. The summed E-state index contributed by atoms with van der Waals surface area (Å²) in [4.78, 5) is 11.9. The van der Waals surface area contributed by atoms with E-state index in [9.17, 15) is 4.79 Å². The van der Waals surface area contributed by atoms with Crippen molar-refractivity contribution in [2.24, 2.45) is 0 Å². The molecule has 0 unspecified atom stereocenters. The molecule has 1 heterocycles. The van der Waals surface area contributed by atoms with Crippen molar-refractivity contribution in [2.75, 3.05) is 0 Å². The fourth-order valence-corrected chi connectivity index (χ4v) is 2.00. The number of pyridine rings is 1. The lowest BCUT2D eigenvalue weighted by atomic mass is 10.1. The van der Waals surface area contributed by atoms with E-state index in [1.165, 1.54) is 0 Å². The number of ketones is 1. The van der Waals surface area contributed by atoms with E-state index in [0.717, 1.165) is 10.0 Å². The molecule has 1 aromatic heterocycles. The first-order valence-corrected chi connectivity index (χ1v) is 6.40. The van der Waals surface area contributed by atoms with Gasteiger partial charge in [-0.15, -0.1) is 0 Å². The average molecular weight is 339 g/mol. The molecule has 0 atom stereocenters. The summed E-state index contributed by atoms with van der Waals surface area (Å²) in [6, 6.07) is 11.3. The number of halogens is 2. The number of hydrogen-bond donors (Lipinski definition) is 0. The first-order chi connectivity index (χ1) is 8.65. The predicted molar refractivity (Wildman–Crippen MR) is 75.2 cm³/mol. The van der Waals surface area contributed by atoms with E-state index in [2.05, 4.69) is 15.9 Å². The van der Waals surface area contributed by atoms with Crippen LogP contribution >= 0.6 is 15.9 Å². The molecule has 0 aliphatic heterocycles. The maximum Gasteiger partial charge on any atom is 0.191 e. The zero-order chi connectivity index (χ0) is 13.0. The zero-order valence-corrected chi connectivity index (χ0v) is 12.7. The Morgan fingerprint density at radius 2 is 2.05 bits per heavy atom. The summed E-state index contributed by atoms with van der Waals surface area (Å²) >= 11 is 3.35. The van der Waals surface area contributed by atoms with Gasteiger partial charge in [-0.3, -0.25) is 4.79 Å². The largest absolute Gasteiger partial charge is 1.00 e. The smallest absolute Gasteiger partial charge is 0.191 e. The van der Waals surface area contributed by atoms with E-state index < -0.39 is 0 Å². The van der Waals surface area contributed by atoms with Crippen molar-refractivity contribution in [3.63, 3.8) is 0 Å². The van der Waals surface area contributed by atoms with Gasteiger partial charge in [0.2, 0.25) is 0 Å². The van der Waals surface area contributed by atoms with Gasteiger partial charge in [-0.05, 0) is 25.1 Å². The van der Waals surface area contributed by atoms with Crippen LogP contribution in [-0.2, 0) is 0 Å². The summed E-state index contributed by atoms with van der Waals surface area (Å²) in [7, 11) is 0. The average Bonchev–Trinajstić information content (AvgIpc) is 2.36. The number of aryl methyl sites for hydroxylation is 1. The number of allylic oxidation sites excluding steroid dienone is 1. The first kappa shape index (κ1) is 15.6. The van der Waals surface area contributed by atoms with Crippen LogP contribution in [0.15, 0.2) is 59.3 Å². The highest BCUT2D eigenvalue weighted by Crippen LogP contribution is 2.12. The fraction of sp³-hybridized carbons (Fsp3) is 0.0667. The maximum atomic E-state index is 11.9. The lowest BCUT2D eigenvalue weighted by Crippen LogP contribution is -3.00. The lowest BCUT2D eigenvalue weighted by molar-refractivity contribution is -0.568. The molecule has 0 spiro atoms. The summed E-state index contributed by atoms with van der Waals surface area (Å²) in [6.07, 6.45) is 7.19. The number of aromatic nitrogens is 1. The van der Waals surface area contributed by atoms with Crippen molar-refractivity contribution in [1.82, 2.24) is 0 Å². The van der Waals surface area contributed by atoms with E-state index in [1.54, 1.807) is 18.3 Å². The van der Waals surface area contributed by atoms with Gasteiger partial charge in [0, 0.05) is 21.7 Å². The summed E-state index contributed by atoms with van der Waals surface area (Å²) < 4.78 is 2.77. The molecule has 2 rings (SSSR count). The number of benzene rings is 1. The van der Waals surface area contributed by atoms with Crippen LogP contribution in [0.5, 0.6) is 0 Å². The maximum absolute atomic E-state index is 11.9. The van der Waals surface area contributed by atoms with Gasteiger partial charge in [-0.2, -0.15) is 4.57 Å². The lowest BCUT2D eigenvalue weighted by Gasteiger charge is -1.95. The predicted octanol–water partition coefficient (Wildman–Crippen LogP) is 0.403.